The Hall–Kier alpha value is -4.59. The van der Waals surface area contributed by atoms with Gasteiger partial charge in [-0.05, 0) is 72.5 Å². The molecular weight excluding hydrogens is 551 g/mol. The van der Waals surface area contributed by atoms with Crippen LogP contribution in [0.5, 0.6) is 0 Å². The fourth-order valence-electron chi connectivity index (χ4n) is 6.07. The Morgan fingerprint density at radius 1 is 0.837 bits per heavy atom. The van der Waals surface area contributed by atoms with Crippen molar-refractivity contribution in [2.45, 2.75) is 57.4 Å². The van der Waals surface area contributed by atoms with Gasteiger partial charge in [0.15, 0.2) is 0 Å². The number of hydrogen-bond acceptors (Lipinski definition) is 3. The maximum absolute atomic E-state index is 13.1. The van der Waals surface area contributed by atoms with Crippen molar-refractivity contribution < 1.29 is 23.1 Å². The Balaban J connectivity index is 1.35. The molecular formula is C35H32F3N3O2. The number of imidazole rings is 1. The molecule has 0 radical (unpaired) electrons. The SMILES string of the molecule is O=C(O)c1ccc2c(c1)nc(-c1cccc(CN(Cc3ccc(C(F)(F)F)cc3)c3ccccc3)c1)n2C1CCCCC1. The first kappa shape index (κ1) is 28.5. The van der Waals surface area contributed by atoms with E-state index in [1.807, 2.05) is 54.6 Å². The maximum Gasteiger partial charge on any atom is 0.416 e. The average molecular weight is 584 g/mol. The highest BCUT2D eigenvalue weighted by atomic mass is 19.4. The second-order valence-corrected chi connectivity index (χ2v) is 11.2. The van der Waals surface area contributed by atoms with E-state index >= 15 is 0 Å². The number of hydrogen-bond donors (Lipinski definition) is 1. The zero-order chi connectivity index (χ0) is 30.0. The Kier molecular flexibility index (Phi) is 7.93. The summed E-state index contributed by atoms with van der Waals surface area (Å²) in [5.41, 5.74) is 4.87. The number of fused-ring (bicyclic) bond motifs is 1. The number of alkyl halides is 3. The molecule has 0 bridgehead atoms. The summed E-state index contributed by atoms with van der Waals surface area (Å²) in [6.07, 6.45) is 1.23. The molecule has 5 nitrogen and oxygen atoms in total. The van der Waals surface area contributed by atoms with E-state index in [2.05, 4.69) is 15.5 Å². The number of para-hydroxylation sites is 1. The van der Waals surface area contributed by atoms with Crippen molar-refractivity contribution in [3.63, 3.8) is 0 Å². The van der Waals surface area contributed by atoms with Crippen molar-refractivity contribution in [2.75, 3.05) is 4.90 Å². The molecule has 8 heteroatoms. The second-order valence-electron chi connectivity index (χ2n) is 11.2. The predicted octanol–water partition coefficient (Wildman–Crippen LogP) is 9.13. The Labute approximate surface area is 248 Å². The van der Waals surface area contributed by atoms with Crippen molar-refractivity contribution in [3.8, 4) is 11.4 Å². The molecule has 1 fully saturated rings. The summed E-state index contributed by atoms with van der Waals surface area (Å²) in [5.74, 6) is -0.160. The van der Waals surface area contributed by atoms with Crippen LogP contribution in [0.15, 0.2) is 97.1 Å². The third kappa shape index (κ3) is 6.28. The minimum Gasteiger partial charge on any atom is -0.478 e. The van der Waals surface area contributed by atoms with E-state index in [1.165, 1.54) is 18.6 Å². The van der Waals surface area contributed by atoms with Crippen LogP contribution in [0.25, 0.3) is 22.4 Å². The monoisotopic (exact) mass is 583 g/mol. The third-order valence-corrected chi connectivity index (χ3v) is 8.21. The van der Waals surface area contributed by atoms with Gasteiger partial charge in [-0.15, -0.1) is 0 Å². The molecule has 4 aromatic carbocycles. The largest absolute Gasteiger partial charge is 0.478 e. The van der Waals surface area contributed by atoms with Gasteiger partial charge in [0.1, 0.15) is 5.82 Å². The van der Waals surface area contributed by atoms with Crippen LogP contribution in [0.1, 0.15) is 65.2 Å². The topological polar surface area (TPSA) is 58.4 Å². The van der Waals surface area contributed by atoms with E-state index in [4.69, 9.17) is 4.98 Å². The molecule has 1 N–H and O–H groups in total. The van der Waals surface area contributed by atoms with Crippen LogP contribution in [-0.2, 0) is 19.3 Å². The number of nitrogens with zero attached hydrogens (tertiary/aromatic N) is 3. The van der Waals surface area contributed by atoms with Crippen molar-refractivity contribution in [3.05, 3.63) is 119 Å². The molecule has 1 heterocycles. The van der Waals surface area contributed by atoms with Crippen LogP contribution in [-0.4, -0.2) is 20.6 Å². The van der Waals surface area contributed by atoms with E-state index in [0.29, 0.717) is 18.6 Å². The van der Waals surface area contributed by atoms with Gasteiger partial charge < -0.3 is 14.6 Å². The standard InChI is InChI=1S/C35H32F3N3O2/c36-35(37,38)28-17-14-24(15-18-28)22-40(29-10-3-1-4-11-29)23-25-8-7-9-26(20-25)33-39-31-21-27(34(42)43)16-19-32(31)41(33)30-12-5-2-6-13-30/h1,3-4,7-11,14-21,30H,2,5-6,12-13,22-23H2,(H,42,43). The number of rotatable bonds is 8. The quantitative estimate of drug-likeness (QED) is 0.198. The van der Waals surface area contributed by atoms with Crippen LogP contribution < -0.4 is 4.90 Å². The van der Waals surface area contributed by atoms with Crippen LogP contribution in [0.4, 0.5) is 18.9 Å². The summed E-state index contributed by atoms with van der Waals surface area (Å²) in [6, 6.07) is 28.8. The number of aromatic nitrogens is 2. The van der Waals surface area contributed by atoms with E-state index in [9.17, 15) is 23.1 Å². The molecule has 1 aliphatic carbocycles. The number of benzene rings is 4. The molecule has 0 unspecified atom stereocenters. The van der Waals surface area contributed by atoms with Gasteiger partial charge in [-0.3, -0.25) is 0 Å². The van der Waals surface area contributed by atoms with Gasteiger partial charge in [0.05, 0.1) is 22.2 Å². The second kappa shape index (κ2) is 12.0. The lowest BCUT2D eigenvalue weighted by molar-refractivity contribution is -0.137. The first-order chi connectivity index (χ1) is 20.8. The summed E-state index contributed by atoms with van der Waals surface area (Å²) in [6.45, 7) is 0.969. The first-order valence-corrected chi connectivity index (χ1v) is 14.6. The summed E-state index contributed by atoms with van der Waals surface area (Å²) in [5, 5.41) is 9.57. The van der Waals surface area contributed by atoms with Crippen molar-refractivity contribution >= 4 is 22.7 Å². The Morgan fingerprint density at radius 2 is 1.56 bits per heavy atom. The minimum absolute atomic E-state index is 0.211. The summed E-state index contributed by atoms with van der Waals surface area (Å²) in [4.78, 5) is 18.8. The molecule has 0 spiro atoms. The van der Waals surface area contributed by atoms with Gasteiger partial charge >= 0.3 is 12.1 Å². The van der Waals surface area contributed by atoms with Crippen LogP contribution in [0.3, 0.4) is 0 Å². The number of carboxylic acid groups (broad SMARTS) is 1. The number of halogens is 3. The van der Waals surface area contributed by atoms with Gasteiger partial charge in [-0.1, -0.05) is 67.8 Å². The van der Waals surface area contributed by atoms with E-state index < -0.39 is 17.7 Å². The average Bonchev–Trinajstić information content (AvgIpc) is 3.41. The highest BCUT2D eigenvalue weighted by molar-refractivity contribution is 5.93. The van der Waals surface area contributed by atoms with Gasteiger partial charge in [-0.2, -0.15) is 13.2 Å². The van der Waals surface area contributed by atoms with Gasteiger partial charge in [0.2, 0.25) is 0 Å². The molecule has 1 aromatic heterocycles. The van der Waals surface area contributed by atoms with Crippen molar-refractivity contribution in [1.82, 2.24) is 9.55 Å². The van der Waals surface area contributed by atoms with Crippen molar-refractivity contribution in [2.24, 2.45) is 0 Å². The summed E-state index contributed by atoms with van der Waals surface area (Å²) < 4.78 is 41.7. The Bertz CT molecular complexity index is 1720. The maximum atomic E-state index is 13.1. The first-order valence-electron chi connectivity index (χ1n) is 14.6. The normalized spacial score (nSPS) is 14.2. The lowest BCUT2D eigenvalue weighted by Crippen LogP contribution is -2.22. The molecule has 0 atom stereocenters. The van der Waals surface area contributed by atoms with Crippen molar-refractivity contribution in [1.29, 1.82) is 0 Å². The summed E-state index contributed by atoms with van der Waals surface area (Å²) in [7, 11) is 0. The summed E-state index contributed by atoms with van der Waals surface area (Å²) >= 11 is 0. The lowest BCUT2D eigenvalue weighted by atomic mass is 9.94. The molecule has 0 saturated heterocycles. The van der Waals surface area contributed by atoms with E-state index in [0.717, 1.165) is 71.5 Å². The van der Waals surface area contributed by atoms with Gasteiger partial charge in [0, 0.05) is 30.4 Å². The fraction of sp³-hybridized carbons (Fsp3) is 0.257. The predicted molar refractivity (Wildman–Crippen MR) is 162 cm³/mol. The fourth-order valence-corrected chi connectivity index (χ4v) is 6.07. The van der Waals surface area contributed by atoms with E-state index in [-0.39, 0.29) is 11.6 Å². The highest BCUT2D eigenvalue weighted by Gasteiger charge is 2.30. The molecule has 0 aliphatic heterocycles. The van der Waals surface area contributed by atoms with Crippen LogP contribution in [0, 0.1) is 0 Å². The molecule has 0 amide bonds. The Morgan fingerprint density at radius 3 is 2.26 bits per heavy atom. The molecule has 5 aromatic rings. The third-order valence-electron chi connectivity index (χ3n) is 8.21. The van der Waals surface area contributed by atoms with Gasteiger partial charge in [-0.25, -0.2) is 9.78 Å². The smallest absolute Gasteiger partial charge is 0.416 e. The van der Waals surface area contributed by atoms with E-state index in [1.54, 1.807) is 12.1 Å². The zero-order valence-corrected chi connectivity index (χ0v) is 23.6. The molecule has 43 heavy (non-hydrogen) atoms. The number of carbonyl (C=O) groups is 1. The van der Waals surface area contributed by atoms with Crippen LogP contribution >= 0.6 is 0 Å². The molecule has 220 valence electrons. The highest BCUT2D eigenvalue weighted by Crippen LogP contribution is 2.37. The number of aromatic carboxylic acids is 1. The molecule has 1 aliphatic rings. The number of carboxylic acids is 1. The zero-order valence-electron chi connectivity index (χ0n) is 23.6. The lowest BCUT2D eigenvalue weighted by Gasteiger charge is -2.27. The molecule has 1 saturated carbocycles. The van der Waals surface area contributed by atoms with Crippen LogP contribution in [0.2, 0.25) is 0 Å². The molecule has 6 rings (SSSR count). The number of anilines is 1. The minimum atomic E-state index is -4.37. The van der Waals surface area contributed by atoms with Gasteiger partial charge in [0.25, 0.3) is 0 Å².